The quantitative estimate of drug-likeness (QED) is 0.363. The molecule has 0 aliphatic carbocycles. The summed E-state index contributed by atoms with van der Waals surface area (Å²) in [6.45, 7) is 12.9. The highest BCUT2D eigenvalue weighted by molar-refractivity contribution is 6.72. The maximum atomic E-state index is 10.3. The maximum Gasteiger partial charge on any atom is 0.188 e. The average molecular weight is 257 g/mol. The molecule has 0 saturated carbocycles. The second-order valence-electron chi connectivity index (χ2n) is 6.43. The fourth-order valence-electron chi connectivity index (χ4n) is 2.10. The van der Waals surface area contributed by atoms with Crippen molar-refractivity contribution in [3.8, 4) is 0 Å². The first-order chi connectivity index (χ1) is 7.74. The van der Waals surface area contributed by atoms with Crippen LogP contribution in [0.5, 0.6) is 0 Å². The summed E-state index contributed by atoms with van der Waals surface area (Å²) in [6.07, 6.45) is 10.8. The van der Waals surface area contributed by atoms with Gasteiger partial charge in [0.05, 0.1) is 0 Å². The molecule has 1 N–H and O–H groups in total. The highest BCUT2D eigenvalue weighted by atomic mass is 28.4. The van der Waals surface area contributed by atoms with Gasteiger partial charge in [0.25, 0.3) is 0 Å². The summed E-state index contributed by atoms with van der Waals surface area (Å²) in [5.74, 6) is 0.639. The third-order valence-electron chi connectivity index (χ3n) is 4.07. The molecule has 0 aromatic heterocycles. The number of unbranched alkanes of at least 4 members (excludes halogenated alkanes) is 2. The van der Waals surface area contributed by atoms with Crippen LogP contribution < -0.4 is 0 Å². The minimum Gasteiger partial charge on any atom is -0.432 e. The number of rotatable bonds is 8. The van der Waals surface area contributed by atoms with Crippen LogP contribution >= 0.6 is 0 Å². The molecular weight excluding hydrogens is 224 g/mol. The van der Waals surface area contributed by atoms with Gasteiger partial charge in [0.15, 0.2) is 8.32 Å². The van der Waals surface area contributed by atoms with Gasteiger partial charge >= 0.3 is 0 Å². The van der Waals surface area contributed by atoms with E-state index < -0.39 is 8.32 Å². The van der Waals surface area contributed by atoms with E-state index in [1.54, 1.807) is 0 Å². The van der Waals surface area contributed by atoms with Crippen molar-refractivity contribution in [3.63, 3.8) is 0 Å². The van der Waals surface area contributed by atoms with Gasteiger partial charge in [-0.05, 0) is 43.8 Å². The smallest absolute Gasteiger partial charge is 0.188 e. The molecule has 1 atom stereocenters. The van der Waals surface area contributed by atoms with E-state index >= 15 is 0 Å². The monoisotopic (exact) mass is 256 g/mol. The lowest BCUT2D eigenvalue weighted by Gasteiger charge is -2.37. The van der Waals surface area contributed by atoms with Crippen molar-refractivity contribution in [2.45, 2.75) is 77.9 Å². The lowest BCUT2D eigenvalue weighted by atomic mass is 9.91. The van der Waals surface area contributed by atoms with Crippen molar-refractivity contribution < 1.29 is 4.80 Å². The van der Waals surface area contributed by atoms with Gasteiger partial charge < -0.3 is 4.80 Å². The van der Waals surface area contributed by atoms with Gasteiger partial charge in [-0.25, -0.2) is 0 Å². The molecule has 0 aliphatic heterocycles. The number of hydrogen-bond acceptors (Lipinski definition) is 1. The Hall–Kier alpha value is -0.0831. The second-order valence-corrected chi connectivity index (χ2v) is 10.9. The Bertz CT molecular complexity index is 226. The van der Waals surface area contributed by atoms with E-state index in [1.165, 1.54) is 25.7 Å². The van der Waals surface area contributed by atoms with Crippen LogP contribution in [0.25, 0.3) is 0 Å². The molecule has 0 aliphatic rings. The van der Waals surface area contributed by atoms with Gasteiger partial charge in [0.1, 0.15) is 0 Å². The van der Waals surface area contributed by atoms with Crippen molar-refractivity contribution in [1.29, 1.82) is 0 Å². The summed E-state index contributed by atoms with van der Waals surface area (Å²) in [6, 6.07) is 0. The summed E-state index contributed by atoms with van der Waals surface area (Å²) in [5, 5.41) is 0.101. The molecule has 0 aromatic carbocycles. The lowest BCUT2D eigenvalue weighted by Crippen LogP contribution is -2.40. The lowest BCUT2D eigenvalue weighted by molar-refractivity contribution is 0.391. The SMILES string of the molecule is C/C=C/[C@H](CCCCC)CC(C)(C)[Si](C)(C)O. The first-order valence-corrected chi connectivity index (χ1v) is 10.0. The Morgan fingerprint density at radius 3 is 2.24 bits per heavy atom. The van der Waals surface area contributed by atoms with Crippen LogP contribution in [0.2, 0.25) is 18.1 Å². The third-order valence-corrected chi connectivity index (χ3v) is 7.59. The molecular formula is C15H32OSi. The molecule has 0 aromatic rings. The Morgan fingerprint density at radius 1 is 1.24 bits per heavy atom. The second kappa shape index (κ2) is 7.37. The molecule has 0 fully saturated rings. The first kappa shape index (κ1) is 16.9. The number of allylic oxidation sites excluding steroid dienone is 2. The summed E-state index contributed by atoms with van der Waals surface area (Å²) in [5.41, 5.74) is 0. The molecule has 0 unspecified atom stereocenters. The third kappa shape index (κ3) is 6.42. The predicted molar refractivity (Wildman–Crippen MR) is 80.8 cm³/mol. The Kier molecular flexibility index (Phi) is 7.34. The van der Waals surface area contributed by atoms with Crippen molar-refractivity contribution in [3.05, 3.63) is 12.2 Å². The fourth-order valence-corrected chi connectivity index (χ4v) is 2.86. The normalized spacial score (nSPS) is 15.5. The molecule has 0 bridgehead atoms. The van der Waals surface area contributed by atoms with E-state index in [4.69, 9.17) is 0 Å². The van der Waals surface area contributed by atoms with Crippen LogP contribution in [-0.2, 0) is 0 Å². The minimum atomic E-state index is -2.06. The van der Waals surface area contributed by atoms with Crippen LogP contribution in [-0.4, -0.2) is 13.1 Å². The molecule has 1 nitrogen and oxygen atoms in total. The van der Waals surface area contributed by atoms with Gasteiger partial charge in [-0.1, -0.05) is 52.2 Å². The van der Waals surface area contributed by atoms with Crippen LogP contribution in [0.4, 0.5) is 0 Å². The summed E-state index contributed by atoms with van der Waals surface area (Å²) in [7, 11) is -2.06. The van der Waals surface area contributed by atoms with Crippen LogP contribution in [0.3, 0.4) is 0 Å². The van der Waals surface area contributed by atoms with E-state index in [9.17, 15) is 4.80 Å². The van der Waals surface area contributed by atoms with Crippen LogP contribution in [0.15, 0.2) is 12.2 Å². The highest BCUT2D eigenvalue weighted by Gasteiger charge is 2.38. The number of hydrogen-bond donors (Lipinski definition) is 1. The fraction of sp³-hybridized carbons (Fsp3) is 0.867. The molecule has 0 amide bonds. The standard InChI is InChI=1S/C15H32OSi/c1-7-9-10-12-14(11-8-2)13-15(3,4)17(5,6)16/h8,11,14,16H,7,9-10,12-13H2,1-6H3/b11-8+/t14-/m1/s1. The minimum absolute atomic E-state index is 0.101. The largest absolute Gasteiger partial charge is 0.432 e. The average Bonchev–Trinajstić information content (AvgIpc) is 2.16. The van der Waals surface area contributed by atoms with E-state index in [0.29, 0.717) is 5.92 Å². The molecule has 0 saturated heterocycles. The first-order valence-electron chi connectivity index (χ1n) is 7.09. The summed E-state index contributed by atoms with van der Waals surface area (Å²) < 4.78 is 0. The predicted octanol–water partition coefficient (Wildman–Crippen LogP) is 5.13. The van der Waals surface area contributed by atoms with Crippen LogP contribution in [0, 0.1) is 5.92 Å². The molecule has 102 valence electrons. The zero-order valence-corrected chi connectivity index (χ0v) is 13.7. The van der Waals surface area contributed by atoms with Crippen molar-refractivity contribution in [1.82, 2.24) is 0 Å². The van der Waals surface area contributed by atoms with Crippen molar-refractivity contribution >= 4 is 8.32 Å². The van der Waals surface area contributed by atoms with E-state index in [2.05, 4.69) is 52.9 Å². The molecule has 17 heavy (non-hydrogen) atoms. The van der Waals surface area contributed by atoms with Gasteiger partial charge in [-0.15, -0.1) is 0 Å². The van der Waals surface area contributed by atoms with E-state index in [-0.39, 0.29) is 5.04 Å². The molecule has 0 heterocycles. The topological polar surface area (TPSA) is 20.2 Å². The van der Waals surface area contributed by atoms with E-state index in [0.717, 1.165) is 6.42 Å². The zero-order valence-electron chi connectivity index (χ0n) is 12.7. The molecule has 2 heteroatoms. The zero-order chi connectivity index (χ0) is 13.5. The Balaban J connectivity index is 4.43. The summed E-state index contributed by atoms with van der Waals surface area (Å²) in [4.78, 5) is 10.3. The van der Waals surface area contributed by atoms with Crippen molar-refractivity contribution in [2.75, 3.05) is 0 Å². The van der Waals surface area contributed by atoms with E-state index in [1.807, 2.05) is 0 Å². The van der Waals surface area contributed by atoms with Gasteiger partial charge in [0, 0.05) is 0 Å². The molecule has 0 radical (unpaired) electrons. The van der Waals surface area contributed by atoms with Gasteiger partial charge in [-0.3, -0.25) is 0 Å². The maximum absolute atomic E-state index is 10.3. The van der Waals surface area contributed by atoms with Crippen LogP contribution in [0.1, 0.15) is 59.8 Å². The molecule has 0 spiro atoms. The highest BCUT2D eigenvalue weighted by Crippen LogP contribution is 2.42. The van der Waals surface area contributed by atoms with Gasteiger partial charge in [0.2, 0.25) is 0 Å². The Labute approximate surface area is 109 Å². The summed E-state index contributed by atoms with van der Waals surface area (Å²) >= 11 is 0. The van der Waals surface area contributed by atoms with Gasteiger partial charge in [-0.2, -0.15) is 0 Å². The van der Waals surface area contributed by atoms with Crippen molar-refractivity contribution in [2.24, 2.45) is 5.92 Å². The Morgan fingerprint density at radius 2 is 1.82 bits per heavy atom. The molecule has 0 rings (SSSR count).